The van der Waals surface area contributed by atoms with Gasteiger partial charge in [0.05, 0.1) is 16.9 Å². The highest BCUT2D eigenvalue weighted by molar-refractivity contribution is 14.1. The van der Waals surface area contributed by atoms with Gasteiger partial charge in [-0.05, 0) is 22.6 Å². The van der Waals surface area contributed by atoms with E-state index in [2.05, 4.69) is 9.72 Å². The Morgan fingerprint density at radius 2 is 2.00 bits per heavy atom. The predicted molar refractivity (Wildman–Crippen MR) is 61.6 cm³/mol. The summed E-state index contributed by atoms with van der Waals surface area (Å²) in [5.74, 6) is -1.18. The zero-order valence-corrected chi connectivity index (χ0v) is 11.6. The summed E-state index contributed by atoms with van der Waals surface area (Å²) in [4.78, 5) is 2.36. The van der Waals surface area contributed by atoms with Crippen molar-refractivity contribution in [1.82, 2.24) is 4.98 Å². The van der Waals surface area contributed by atoms with Crippen molar-refractivity contribution in [3.05, 3.63) is 9.77 Å². The molecule has 1 aromatic heterocycles. The molecule has 0 aliphatic rings. The third-order valence-electron chi connectivity index (χ3n) is 1.63. The van der Waals surface area contributed by atoms with Gasteiger partial charge in [0.1, 0.15) is 0 Å². The first-order valence-corrected chi connectivity index (χ1v) is 6.70. The molecule has 102 valence electrons. The van der Waals surface area contributed by atoms with E-state index in [1.165, 1.54) is 29.7 Å². The second-order valence-electron chi connectivity index (χ2n) is 2.87. The fraction of sp³-hybridized carbons (Fsp3) is 0.286. The average molecular weight is 398 g/mol. The van der Waals surface area contributed by atoms with E-state index in [0.29, 0.717) is 0 Å². The molecule has 0 spiro atoms. The van der Waals surface area contributed by atoms with Gasteiger partial charge < -0.3 is 9.47 Å². The van der Waals surface area contributed by atoms with E-state index in [0.717, 1.165) is 6.20 Å². The number of hydrogen-bond acceptors (Lipinski definition) is 5. The third-order valence-corrected chi connectivity index (χ3v) is 4.01. The van der Waals surface area contributed by atoms with E-state index in [9.17, 15) is 21.6 Å². The van der Waals surface area contributed by atoms with Gasteiger partial charge >= 0.3 is 6.36 Å². The molecule has 11 heteroatoms. The number of methoxy groups -OCH3 is 1. The van der Waals surface area contributed by atoms with Crippen molar-refractivity contribution in [2.75, 3.05) is 7.11 Å². The van der Waals surface area contributed by atoms with E-state index >= 15 is 0 Å². The van der Waals surface area contributed by atoms with Crippen LogP contribution in [0.5, 0.6) is 11.6 Å². The normalized spacial score (nSPS) is 12.3. The van der Waals surface area contributed by atoms with Crippen molar-refractivity contribution in [1.29, 1.82) is 0 Å². The Labute approximate surface area is 113 Å². The molecular formula is C7H6F3IN2O4S. The maximum absolute atomic E-state index is 12.1. The monoisotopic (exact) mass is 398 g/mol. The first-order valence-electron chi connectivity index (χ1n) is 4.07. The number of hydrogen-bond donors (Lipinski definition) is 1. The topological polar surface area (TPSA) is 91.5 Å². The predicted octanol–water partition coefficient (Wildman–Crippen LogP) is 1.24. The van der Waals surface area contributed by atoms with E-state index in [-0.39, 0.29) is 9.32 Å². The van der Waals surface area contributed by atoms with Crippen LogP contribution in [0.2, 0.25) is 0 Å². The molecule has 0 amide bonds. The molecule has 0 aromatic carbocycles. The summed E-state index contributed by atoms with van der Waals surface area (Å²) < 4.78 is 66.9. The molecule has 1 aromatic rings. The number of rotatable bonds is 3. The van der Waals surface area contributed by atoms with Crippen LogP contribution in [0, 0.1) is 3.57 Å². The molecule has 0 fully saturated rings. The molecule has 18 heavy (non-hydrogen) atoms. The van der Waals surface area contributed by atoms with Crippen molar-refractivity contribution in [3.63, 3.8) is 0 Å². The number of alkyl halides is 3. The molecule has 0 atom stereocenters. The summed E-state index contributed by atoms with van der Waals surface area (Å²) in [5.41, 5.74) is 0. The number of nitrogens with zero attached hydrogens (tertiary/aromatic N) is 1. The van der Waals surface area contributed by atoms with Gasteiger partial charge in [-0.1, -0.05) is 0 Å². The number of halogens is 4. The standard InChI is InChI=1S/C7H6F3IN2O4S/c1-16-3-2-13-6(17-7(8,9)10)5(4(3)11)18(12,14)15/h2H,1H3,(H2,12,14,15). The molecule has 0 saturated heterocycles. The van der Waals surface area contributed by atoms with Crippen molar-refractivity contribution in [2.45, 2.75) is 11.3 Å². The lowest BCUT2D eigenvalue weighted by atomic mass is 10.4. The molecule has 0 bridgehead atoms. The molecule has 0 aliphatic carbocycles. The number of aromatic nitrogens is 1. The summed E-state index contributed by atoms with van der Waals surface area (Å²) in [6, 6.07) is 0. The summed E-state index contributed by atoms with van der Waals surface area (Å²) >= 11 is 1.47. The van der Waals surface area contributed by atoms with Gasteiger partial charge in [0.2, 0.25) is 15.9 Å². The van der Waals surface area contributed by atoms with Gasteiger partial charge in [-0.25, -0.2) is 18.5 Å². The number of nitrogens with two attached hydrogens (primary N) is 1. The molecule has 0 unspecified atom stereocenters. The fourth-order valence-corrected chi connectivity index (χ4v) is 3.21. The fourth-order valence-electron chi connectivity index (χ4n) is 1.01. The van der Waals surface area contributed by atoms with Crippen LogP contribution in [0.25, 0.3) is 0 Å². The number of primary sulfonamides is 1. The Hall–Kier alpha value is -0.820. The molecule has 0 aliphatic heterocycles. The van der Waals surface area contributed by atoms with Gasteiger partial charge in [0, 0.05) is 0 Å². The maximum atomic E-state index is 12.1. The number of ether oxygens (including phenoxy) is 2. The molecule has 0 radical (unpaired) electrons. The average Bonchev–Trinajstić information content (AvgIpc) is 2.13. The van der Waals surface area contributed by atoms with Crippen LogP contribution in [0.3, 0.4) is 0 Å². The molecule has 0 saturated carbocycles. The van der Waals surface area contributed by atoms with E-state index in [1.54, 1.807) is 0 Å². The van der Waals surface area contributed by atoms with Crippen molar-refractivity contribution >= 4 is 32.6 Å². The van der Waals surface area contributed by atoms with Crippen molar-refractivity contribution < 1.29 is 31.1 Å². The first-order chi connectivity index (χ1) is 8.06. The minimum absolute atomic E-state index is 0.0332. The van der Waals surface area contributed by atoms with Gasteiger partial charge in [-0.15, -0.1) is 13.2 Å². The largest absolute Gasteiger partial charge is 0.574 e. The molecule has 6 nitrogen and oxygen atoms in total. The summed E-state index contributed by atoms with van der Waals surface area (Å²) in [5, 5.41) is 4.83. The number of pyridine rings is 1. The van der Waals surface area contributed by atoms with Gasteiger partial charge in [0.15, 0.2) is 10.6 Å². The van der Waals surface area contributed by atoms with Crippen LogP contribution in [0.1, 0.15) is 0 Å². The maximum Gasteiger partial charge on any atom is 0.574 e. The first kappa shape index (κ1) is 15.2. The Kier molecular flexibility index (Phi) is 4.27. The molecule has 1 rings (SSSR count). The lowest BCUT2D eigenvalue weighted by Crippen LogP contribution is -2.23. The Morgan fingerprint density at radius 3 is 2.39 bits per heavy atom. The quantitative estimate of drug-likeness (QED) is 0.774. The minimum Gasteiger partial charge on any atom is -0.494 e. The van der Waals surface area contributed by atoms with Crippen LogP contribution in [-0.2, 0) is 10.0 Å². The van der Waals surface area contributed by atoms with Gasteiger partial charge in [-0.2, -0.15) is 0 Å². The summed E-state index contributed by atoms with van der Waals surface area (Å²) in [7, 11) is -3.24. The van der Waals surface area contributed by atoms with E-state index < -0.39 is 27.2 Å². The van der Waals surface area contributed by atoms with Crippen LogP contribution in [0.4, 0.5) is 13.2 Å². The van der Waals surface area contributed by atoms with Crippen molar-refractivity contribution in [3.8, 4) is 11.6 Å². The third kappa shape index (κ3) is 3.58. The second kappa shape index (κ2) is 5.05. The van der Waals surface area contributed by atoms with Gasteiger partial charge in [-0.3, -0.25) is 0 Å². The smallest absolute Gasteiger partial charge is 0.494 e. The minimum atomic E-state index is -5.08. The molecule has 2 N–H and O–H groups in total. The molecular weight excluding hydrogens is 392 g/mol. The van der Waals surface area contributed by atoms with Crippen LogP contribution >= 0.6 is 22.6 Å². The second-order valence-corrected chi connectivity index (χ2v) is 5.44. The summed E-state index contributed by atoms with van der Waals surface area (Å²) in [6.07, 6.45) is -4.18. The highest BCUT2D eigenvalue weighted by Crippen LogP contribution is 2.34. The van der Waals surface area contributed by atoms with E-state index in [1.807, 2.05) is 0 Å². The molecule has 1 heterocycles. The number of sulfonamides is 1. The van der Waals surface area contributed by atoms with E-state index in [4.69, 9.17) is 9.88 Å². The summed E-state index contributed by atoms with van der Waals surface area (Å²) in [6.45, 7) is 0. The van der Waals surface area contributed by atoms with Gasteiger partial charge in [0.25, 0.3) is 0 Å². The lowest BCUT2D eigenvalue weighted by molar-refractivity contribution is -0.277. The SMILES string of the molecule is COc1cnc(OC(F)(F)F)c(S(N)(=O)=O)c1I. The zero-order valence-electron chi connectivity index (χ0n) is 8.66. The highest BCUT2D eigenvalue weighted by Gasteiger charge is 2.36. The van der Waals surface area contributed by atoms with Crippen LogP contribution in [-0.4, -0.2) is 26.9 Å². The highest BCUT2D eigenvalue weighted by atomic mass is 127. The van der Waals surface area contributed by atoms with Crippen molar-refractivity contribution in [2.24, 2.45) is 5.14 Å². The lowest BCUT2D eigenvalue weighted by Gasteiger charge is -2.13. The Morgan fingerprint density at radius 1 is 1.44 bits per heavy atom. The zero-order chi connectivity index (χ0) is 14.1. The Balaban J connectivity index is 3.50. The van der Waals surface area contributed by atoms with Crippen LogP contribution < -0.4 is 14.6 Å². The Bertz CT molecular complexity index is 561. The van der Waals surface area contributed by atoms with Crippen LogP contribution in [0.15, 0.2) is 11.1 Å².